The number of benzene rings is 1. The number of amides is 2. The van der Waals surface area contributed by atoms with Crippen LogP contribution in [0, 0.1) is 0 Å². The molecule has 1 unspecified atom stereocenters. The standard InChI is InChI=1S/C20H25N3O2S/c1-15-6-2-3-11-23(15)12-10-21-19(24)16-7-4-8-17(14-16)22-20(25)18-9-5-13-26-18/h4-5,7-9,13-15H,2-3,6,10-12H2,1H3,(H,21,24)(H,22,25). The number of thiophene rings is 1. The molecule has 1 atom stereocenters. The van der Waals surface area contributed by atoms with Crippen LogP contribution in [0.15, 0.2) is 41.8 Å². The molecular formula is C20H25N3O2S. The highest BCUT2D eigenvalue weighted by Crippen LogP contribution is 2.16. The lowest BCUT2D eigenvalue weighted by atomic mass is 10.0. The van der Waals surface area contributed by atoms with Crippen LogP contribution in [0.1, 0.15) is 46.2 Å². The molecule has 0 radical (unpaired) electrons. The van der Waals surface area contributed by atoms with Gasteiger partial charge < -0.3 is 10.6 Å². The third-order valence-electron chi connectivity index (χ3n) is 4.75. The molecule has 0 saturated carbocycles. The van der Waals surface area contributed by atoms with Crippen molar-refractivity contribution >= 4 is 28.8 Å². The zero-order valence-corrected chi connectivity index (χ0v) is 15.8. The summed E-state index contributed by atoms with van der Waals surface area (Å²) in [5.74, 6) is -0.265. The van der Waals surface area contributed by atoms with Crippen molar-refractivity contribution in [1.29, 1.82) is 0 Å². The molecular weight excluding hydrogens is 346 g/mol. The van der Waals surface area contributed by atoms with Crippen LogP contribution in [0.4, 0.5) is 5.69 Å². The Hall–Kier alpha value is -2.18. The maximum absolute atomic E-state index is 12.4. The summed E-state index contributed by atoms with van der Waals surface area (Å²) in [5.41, 5.74) is 1.18. The molecule has 1 aromatic carbocycles. The molecule has 1 aliphatic rings. The molecule has 1 saturated heterocycles. The molecule has 2 aromatic rings. The Balaban J connectivity index is 1.52. The molecule has 26 heavy (non-hydrogen) atoms. The van der Waals surface area contributed by atoms with Gasteiger partial charge in [0.25, 0.3) is 11.8 Å². The van der Waals surface area contributed by atoms with Gasteiger partial charge in [-0.25, -0.2) is 0 Å². The van der Waals surface area contributed by atoms with Gasteiger partial charge in [-0.05, 0) is 56.0 Å². The summed E-state index contributed by atoms with van der Waals surface area (Å²) < 4.78 is 0. The van der Waals surface area contributed by atoms with Crippen LogP contribution in [-0.4, -0.2) is 42.4 Å². The second kappa shape index (κ2) is 8.96. The van der Waals surface area contributed by atoms with E-state index in [1.165, 1.54) is 30.6 Å². The molecule has 1 fully saturated rings. The van der Waals surface area contributed by atoms with Crippen molar-refractivity contribution < 1.29 is 9.59 Å². The zero-order valence-electron chi connectivity index (χ0n) is 15.0. The van der Waals surface area contributed by atoms with Gasteiger partial charge in [-0.15, -0.1) is 11.3 Å². The number of nitrogens with one attached hydrogen (secondary N) is 2. The van der Waals surface area contributed by atoms with Crippen LogP contribution in [-0.2, 0) is 0 Å². The van der Waals surface area contributed by atoms with Gasteiger partial charge in [-0.2, -0.15) is 0 Å². The average Bonchev–Trinajstić information content (AvgIpc) is 3.18. The first-order chi connectivity index (χ1) is 12.6. The molecule has 2 amide bonds. The smallest absolute Gasteiger partial charge is 0.265 e. The minimum atomic E-state index is -0.156. The molecule has 0 bridgehead atoms. The number of carbonyl (C=O) groups is 2. The number of carbonyl (C=O) groups excluding carboxylic acids is 2. The molecule has 138 valence electrons. The number of nitrogens with zero attached hydrogens (tertiary/aromatic N) is 1. The highest BCUT2D eigenvalue weighted by Gasteiger charge is 2.17. The number of likely N-dealkylation sites (tertiary alicyclic amines) is 1. The normalized spacial score (nSPS) is 17.7. The van der Waals surface area contributed by atoms with E-state index in [9.17, 15) is 9.59 Å². The predicted molar refractivity (Wildman–Crippen MR) is 106 cm³/mol. The van der Waals surface area contributed by atoms with Crippen molar-refractivity contribution in [1.82, 2.24) is 10.2 Å². The van der Waals surface area contributed by atoms with Gasteiger partial charge in [-0.1, -0.05) is 18.6 Å². The van der Waals surface area contributed by atoms with Crippen LogP contribution in [0.3, 0.4) is 0 Å². The van der Waals surface area contributed by atoms with Crippen LogP contribution < -0.4 is 10.6 Å². The van der Waals surface area contributed by atoms with E-state index >= 15 is 0 Å². The van der Waals surface area contributed by atoms with Gasteiger partial charge >= 0.3 is 0 Å². The van der Waals surface area contributed by atoms with Crippen molar-refractivity contribution in [2.75, 3.05) is 25.0 Å². The Morgan fingerprint density at radius 2 is 2.08 bits per heavy atom. The summed E-state index contributed by atoms with van der Waals surface area (Å²) in [6.45, 7) is 4.87. The van der Waals surface area contributed by atoms with Crippen molar-refractivity contribution in [3.63, 3.8) is 0 Å². The quantitative estimate of drug-likeness (QED) is 0.815. The van der Waals surface area contributed by atoms with Crippen LogP contribution in [0.2, 0.25) is 0 Å². The minimum Gasteiger partial charge on any atom is -0.351 e. The Bertz CT molecular complexity index is 745. The Morgan fingerprint density at radius 3 is 2.85 bits per heavy atom. The monoisotopic (exact) mass is 371 g/mol. The van der Waals surface area contributed by atoms with Gasteiger partial charge in [0.05, 0.1) is 4.88 Å². The van der Waals surface area contributed by atoms with Crippen molar-refractivity contribution in [2.24, 2.45) is 0 Å². The number of piperidine rings is 1. The first-order valence-corrected chi connectivity index (χ1v) is 9.98. The average molecular weight is 372 g/mol. The summed E-state index contributed by atoms with van der Waals surface area (Å²) >= 11 is 1.39. The van der Waals surface area contributed by atoms with E-state index in [0.29, 0.717) is 28.7 Å². The third kappa shape index (κ3) is 4.93. The molecule has 1 aliphatic heterocycles. The molecule has 3 rings (SSSR count). The molecule has 6 heteroatoms. The topological polar surface area (TPSA) is 61.4 Å². The van der Waals surface area contributed by atoms with E-state index in [1.807, 2.05) is 11.4 Å². The number of hydrogen-bond donors (Lipinski definition) is 2. The second-order valence-electron chi connectivity index (χ2n) is 6.65. The Labute approximate surface area is 158 Å². The highest BCUT2D eigenvalue weighted by molar-refractivity contribution is 7.12. The van der Waals surface area contributed by atoms with Gasteiger partial charge in [0, 0.05) is 30.4 Å². The first kappa shape index (κ1) is 18.6. The summed E-state index contributed by atoms with van der Waals surface area (Å²) in [6, 6.07) is 11.3. The van der Waals surface area contributed by atoms with Crippen molar-refractivity contribution in [2.45, 2.75) is 32.2 Å². The summed E-state index contributed by atoms with van der Waals surface area (Å²) in [4.78, 5) is 27.6. The molecule has 0 spiro atoms. The lowest BCUT2D eigenvalue weighted by Gasteiger charge is -2.33. The van der Waals surface area contributed by atoms with Crippen LogP contribution in [0.5, 0.6) is 0 Å². The lowest BCUT2D eigenvalue weighted by molar-refractivity contribution is 0.0937. The van der Waals surface area contributed by atoms with E-state index in [0.717, 1.165) is 13.1 Å². The van der Waals surface area contributed by atoms with Gasteiger partial charge in [0.2, 0.25) is 0 Å². The molecule has 0 aliphatic carbocycles. The van der Waals surface area contributed by atoms with E-state index in [-0.39, 0.29) is 11.8 Å². The fourth-order valence-electron chi connectivity index (χ4n) is 3.24. The van der Waals surface area contributed by atoms with Gasteiger partial charge in [-0.3, -0.25) is 14.5 Å². The van der Waals surface area contributed by atoms with E-state index in [1.54, 1.807) is 30.3 Å². The first-order valence-electron chi connectivity index (χ1n) is 9.10. The molecule has 2 N–H and O–H groups in total. The lowest BCUT2D eigenvalue weighted by Crippen LogP contribution is -2.42. The minimum absolute atomic E-state index is 0.109. The largest absolute Gasteiger partial charge is 0.351 e. The maximum Gasteiger partial charge on any atom is 0.265 e. The summed E-state index contributed by atoms with van der Waals surface area (Å²) in [7, 11) is 0. The fraction of sp³-hybridized carbons (Fsp3) is 0.400. The predicted octanol–water partition coefficient (Wildman–Crippen LogP) is 3.60. The van der Waals surface area contributed by atoms with Crippen molar-refractivity contribution in [3.8, 4) is 0 Å². The Morgan fingerprint density at radius 1 is 1.19 bits per heavy atom. The SMILES string of the molecule is CC1CCCCN1CCNC(=O)c1cccc(NC(=O)c2cccs2)c1. The molecule has 5 nitrogen and oxygen atoms in total. The van der Waals surface area contributed by atoms with Crippen LogP contribution in [0.25, 0.3) is 0 Å². The molecule has 2 heterocycles. The third-order valence-corrected chi connectivity index (χ3v) is 5.62. The maximum atomic E-state index is 12.4. The summed E-state index contributed by atoms with van der Waals surface area (Å²) in [5, 5.41) is 7.68. The van der Waals surface area contributed by atoms with E-state index in [4.69, 9.17) is 0 Å². The number of rotatable bonds is 6. The van der Waals surface area contributed by atoms with Crippen LogP contribution >= 0.6 is 11.3 Å². The number of anilines is 1. The second-order valence-corrected chi connectivity index (χ2v) is 7.60. The summed E-state index contributed by atoms with van der Waals surface area (Å²) in [6.07, 6.45) is 3.78. The zero-order chi connectivity index (χ0) is 18.4. The molecule has 1 aromatic heterocycles. The van der Waals surface area contributed by atoms with E-state index in [2.05, 4.69) is 22.5 Å². The van der Waals surface area contributed by atoms with Gasteiger partial charge in [0.1, 0.15) is 0 Å². The van der Waals surface area contributed by atoms with E-state index < -0.39 is 0 Å². The highest BCUT2D eigenvalue weighted by atomic mass is 32.1. The van der Waals surface area contributed by atoms with Crippen molar-refractivity contribution in [3.05, 3.63) is 52.2 Å². The van der Waals surface area contributed by atoms with Gasteiger partial charge in [0.15, 0.2) is 0 Å². The fourth-order valence-corrected chi connectivity index (χ4v) is 3.86. The number of hydrogen-bond acceptors (Lipinski definition) is 4. The Kier molecular flexibility index (Phi) is 6.41.